The van der Waals surface area contributed by atoms with Crippen molar-refractivity contribution in [2.75, 3.05) is 6.54 Å². The van der Waals surface area contributed by atoms with Crippen LogP contribution in [0.5, 0.6) is 0 Å². The first-order valence-corrected chi connectivity index (χ1v) is 7.38. The number of amides is 1. The van der Waals surface area contributed by atoms with Gasteiger partial charge in [-0.3, -0.25) is 4.79 Å². The molecule has 0 radical (unpaired) electrons. The monoisotopic (exact) mass is 283 g/mol. The number of rotatable bonds is 5. The third kappa shape index (κ3) is 3.06. The van der Waals surface area contributed by atoms with Gasteiger partial charge in [-0.25, -0.2) is 0 Å². The highest BCUT2D eigenvalue weighted by Gasteiger charge is 2.45. The Hall–Kier alpha value is -1.30. The number of amidine groups is 1. The highest BCUT2D eigenvalue weighted by molar-refractivity contribution is 5.83. The number of hydrogen-bond donors (Lipinski definition) is 2. The number of hydrogen-bond acceptors (Lipinski definition) is 4. The van der Waals surface area contributed by atoms with Crippen molar-refractivity contribution in [1.82, 2.24) is 4.90 Å². The molecule has 1 heterocycles. The topological polar surface area (TPSA) is 88.2 Å². The normalized spacial score (nSPS) is 34.2. The lowest BCUT2D eigenvalue weighted by Crippen LogP contribution is -2.43. The Morgan fingerprint density at radius 1 is 1.35 bits per heavy atom. The van der Waals surface area contributed by atoms with Crippen LogP contribution >= 0.6 is 0 Å². The van der Waals surface area contributed by atoms with Gasteiger partial charge in [-0.15, -0.1) is 0 Å². The minimum absolute atomic E-state index is 0.0439. The Labute approximate surface area is 119 Å². The first-order chi connectivity index (χ1) is 9.45. The van der Waals surface area contributed by atoms with E-state index in [-0.39, 0.29) is 35.8 Å². The van der Waals surface area contributed by atoms with Crippen molar-refractivity contribution in [1.29, 1.82) is 0 Å². The second kappa shape index (κ2) is 5.99. The summed E-state index contributed by atoms with van der Waals surface area (Å²) >= 11 is 0. The van der Waals surface area contributed by atoms with Crippen molar-refractivity contribution in [3.8, 4) is 0 Å². The smallest absolute Gasteiger partial charge is 0.228 e. The molecule has 114 valence electrons. The van der Waals surface area contributed by atoms with Crippen molar-refractivity contribution in [3.05, 3.63) is 0 Å². The minimum atomic E-state index is -0.0853. The Balaban J connectivity index is 2.03. The number of nitrogens with two attached hydrogens (primary N) is 1. The molecule has 3 N–H and O–H groups in total. The third-order valence-electron chi connectivity index (χ3n) is 4.54. The van der Waals surface area contributed by atoms with Gasteiger partial charge in [-0.2, -0.15) is 0 Å². The minimum Gasteiger partial charge on any atom is -0.409 e. The second-order valence-electron chi connectivity index (χ2n) is 6.04. The molecule has 1 amide bonds. The molecule has 4 unspecified atom stereocenters. The summed E-state index contributed by atoms with van der Waals surface area (Å²) in [6.45, 7) is 6.58. The van der Waals surface area contributed by atoms with Gasteiger partial charge in [0.2, 0.25) is 5.91 Å². The standard InChI is InChI=1S/C14H25N3O3/c1-8-9(2)20-10(3)13(8)14(18)17(11-4-5-11)7-6-12(15)16-19/h8-11,13,19H,4-7H2,1-3H3,(H2,15,16). The maximum Gasteiger partial charge on any atom is 0.228 e. The van der Waals surface area contributed by atoms with Crippen molar-refractivity contribution in [3.63, 3.8) is 0 Å². The van der Waals surface area contributed by atoms with E-state index in [1.54, 1.807) is 0 Å². The lowest BCUT2D eigenvalue weighted by atomic mass is 9.88. The van der Waals surface area contributed by atoms with Crippen LogP contribution in [-0.4, -0.2) is 46.6 Å². The summed E-state index contributed by atoms with van der Waals surface area (Å²) in [5, 5.41) is 11.6. The zero-order valence-corrected chi connectivity index (χ0v) is 12.5. The van der Waals surface area contributed by atoms with Crippen LogP contribution in [0.15, 0.2) is 5.16 Å². The molecule has 0 bridgehead atoms. The summed E-state index contributed by atoms with van der Waals surface area (Å²) in [6, 6.07) is 0.323. The van der Waals surface area contributed by atoms with E-state index in [1.807, 2.05) is 18.7 Å². The van der Waals surface area contributed by atoms with Gasteiger partial charge < -0.3 is 20.6 Å². The van der Waals surface area contributed by atoms with Crippen molar-refractivity contribution >= 4 is 11.7 Å². The molecule has 2 rings (SSSR count). The van der Waals surface area contributed by atoms with E-state index >= 15 is 0 Å². The summed E-state index contributed by atoms with van der Waals surface area (Å²) < 4.78 is 5.77. The molecule has 0 aromatic rings. The summed E-state index contributed by atoms with van der Waals surface area (Å²) in [7, 11) is 0. The molecule has 6 heteroatoms. The van der Waals surface area contributed by atoms with E-state index in [2.05, 4.69) is 12.1 Å². The quantitative estimate of drug-likeness (QED) is 0.343. The second-order valence-corrected chi connectivity index (χ2v) is 6.04. The van der Waals surface area contributed by atoms with Crippen LogP contribution < -0.4 is 5.73 Å². The predicted octanol–water partition coefficient (Wildman–Crippen LogP) is 1.17. The summed E-state index contributed by atoms with van der Waals surface area (Å²) in [6.07, 6.45) is 2.58. The molecule has 2 fully saturated rings. The molecule has 1 saturated carbocycles. The van der Waals surface area contributed by atoms with Crippen molar-refractivity contribution in [2.45, 2.75) is 58.3 Å². The number of oxime groups is 1. The highest BCUT2D eigenvalue weighted by atomic mass is 16.5. The molecule has 0 aromatic heterocycles. The van der Waals surface area contributed by atoms with Crippen LogP contribution in [0.3, 0.4) is 0 Å². The summed E-state index contributed by atoms with van der Waals surface area (Å²) in [5.74, 6) is 0.462. The van der Waals surface area contributed by atoms with E-state index < -0.39 is 0 Å². The molecule has 0 spiro atoms. The SMILES string of the molecule is CC1OC(C)C(C(=O)N(CCC(N)=NO)C2CC2)C1C. The van der Waals surface area contributed by atoms with Gasteiger partial charge in [0.15, 0.2) is 0 Å². The number of carbonyl (C=O) groups is 1. The van der Waals surface area contributed by atoms with Gasteiger partial charge in [0.1, 0.15) is 5.84 Å². The van der Waals surface area contributed by atoms with Gasteiger partial charge in [-0.05, 0) is 32.6 Å². The Kier molecular flexibility index (Phi) is 4.52. The van der Waals surface area contributed by atoms with Crippen molar-refractivity contribution < 1.29 is 14.7 Å². The Morgan fingerprint density at radius 3 is 2.45 bits per heavy atom. The fourth-order valence-corrected chi connectivity index (χ4v) is 3.03. The predicted molar refractivity (Wildman–Crippen MR) is 75.4 cm³/mol. The maximum absolute atomic E-state index is 12.8. The van der Waals surface area contributed by atoms with Crippen LogP contribution in [0.4, 0.5) is 0 Å². The molecular formula is C14H25N3O3. The van der Waals surface area contributed by atoms with E-state index in [9.17, 15) is 4.79 Å². The largest absolute Gasteiger partial charge is 0.409 e. The first kappa shape index (κ1) is 15.1. The number of ether oxygens (including phenoxy) is 1. The molecule has 0 aromatic carbocycles. The van der Waals surface area contributed by atoms with Crippen LogP contribution in [0.25, 0.3) is 0 Å². The Morgan fingerprint density at radius 2 is 2.00 bits per heavy atom. The Bertz CT molecular complexity index is 395. The molecule has 4 atom stereocenters. The molecule has 2 aliphatic rings. The lowest BCUT2D eigenvalue weighted by Gasteiger charge is -2.28. The van der Waals surface area contributed by atoms with Gasteiger partial charge in [-0.1, -0.05) is 12.1 Å². The summed E-state index contributed by atoms with van der Waals surface area (Å²) in [4.78, 5) is 14.7. The van der Waals surface area contributed by atoms with E-state index in [0.717, 1.165) is 12.8 Å². The van der Waals surface area contributed by atoms with Crippen LogP contribution in [0.2, 0.25) is 0 Å². The van der Waals surface area contributed by atoms with E-state index in [1.165, 1.54) is 0 Å². The molecular weight excluding hydrogens is 258 g/mol. The van der Waals surface area contributed by atoms with Crippen LogP contribution in [0.1, 0.15) is 40.0 Å². The third-order valence-corrected chi connectivity index (χ3v) is 4.54. The molecule has 6 nitrogen and oxygen atoms in total. The van der Waals surface area contributed by atoms with Crippen LogP contribution in [0, 0.1) is 11.8 Å². The first-order valence-electron chi connectivity index (χ1n) is 7.38. The van der Waals surface area contributed by atoms with Gasteiger partial charge in [0.25, 0.3) is 0 Å². The number of nitrogens with zero attached hydrogens (tertiary/aromatic N) is 2. The van der Waals surface area contributed by atoms with E-state index in [0.29, 0.717) is 19.0 Å². The molecule has 20 heavy (non-hydrogen) atoms. The van der Waals surface area contributed by atoms with Gasteiger partial charge in [0.05, 0.1) is 18.1 Å². The fourth-order valence-electron chi connectivity index (χ4n) is 3.03. The highest BCUT2D eigenvalue weighted by Crippen LogP contribution is 2.36. The molecule has 1 saturated heterocycles. The van der Waals surface area contributed by atoms with Crippen LogP contribution in [-0.2, 0) is 9.53 Å². The maximum atomic E-state index is 12.8. The lowest BCUT2D eigenvalue weighted by molar-refractivity contribution is -0.138. The van der Waals surface area contributed by atoms with E-state index in [4.69, 9.17) is 15.7 Å². The molecule has 1 aliphatic carbocycles. The molecule has 1 aliphatic heterocycles. The van der Waals surface area contributed by atoms with Gasteiger partial charge in [0, 0.05) is 19.0 Å². The number of carbonyl (C=O) groups excluding carboxylic acids is 1. The average Bonchev–Trinajstić information content (AvgIpc) is 3.19. The zero-order chi connectivity index (χ0) is 14.9. The van der Waals surface area contributed by atoms with Crippen molar-refractivity contribution in [2.24, 2.45) is 22.7 Å². The fraction of sp³-hybridized carbons (Fsp3) is 0.857. The summed E-state index contributed by atoms with van der Waals surface area (Å²) in [5.41, 5.74) is 5.51. The average molecular weight is 283 g/mol. The zero-order valence-electron chi connectivity index (χ0n) is 12.5. The van der Waals surface area contributed by atoms with Gasteiger partial charge >= 0.3 is 0 Å².